The van der Waals surface area contributed by atoms with Gasteiger partial charge in [-0.15, -0.1) is 22.7 Å². The number of benzene rings is 2. The third-order valence-corrected chi connectivity index (χ3v) is 7.43. The zero-order chi connectivity index (χ0) is 25.4. The Balaban J connectivity index is 0.000000198. The lowest BCUT2D eigenvalue weighted by Crippen LogP contribution is -2.24. The van der Waals surface area contributed by atoms with Crippen LogP contribution in [0, 0.1) is 0 Å². The van der Waals surface area contributed by atoms with Gasteiger partial charge in [0.1, 0.15) is 11.5 Å². The van der Waals surface area contributed by atoms with E-state index in [0.717, 1.165) is 36.7 Å². The quantitative estimate of drug-likeness (QED) is 0.176. The van der Waals surface area contributed by atoms with Gasteiger partial charge in [0.05, 0.1) is 0 Å². The Hall–Kier alpha value is -2.45. The molecule has 0 atom stereocenters. The van der Waals surface area contributed by atoms with Crippen molar-refractivity contribution in [1.82, 2.24) is 10.6 Å². The molecular weight excluding hydrogens is 476 g/mol. The third-order valence-electron chi connectivity index (χ3n) is 5.44. The van der Waals surface area contributed by atoms with Gasteiger partial charge in [0.2, 0.25) is 0 Å². The minimum Gasteiger partial charge on any atom is -0.507 e. The molecule has 7 heteroatoms. The summed E-state index contributed by atoms with van der Waals surface area (Å²) in [6.07, 6.45) is 1.91. The Morgan fingerprint density at radius 1 is 0.857 bits per heavy atom. The summed E-state index contributed by atoms with van der Waals surface area (Å²) in [5.41, 5.74) is 2.48. The maximum Gasteiger partial charge on any atom is 0.308 e. The molecule has 0 saturated heterocycles. The fourth-order valence-electron chi connectivity index (χ4n) is 3.85. The number of esters is 1. The number of fused-ring (bicyclic) bond motifs is 2. The Morgan fingerprint density at radius 2 is 1.37 bits per heavy atom. The van der Waals surface area contributed by atoms with E-state index < -0.39 is 0 Å². The molecule has 0 aliphatic carbocycles. The zero-order valence-corrected chi connectivity index (χ0v) is 22.8. The monoisotopic (exact) mass is 512 g/mol. The highest BCUT2D eigenvalue weighted by molar-refractivity contribution is 7.17. The van der Waals surface area contributed by atoms with E-state index in [4.69, 9.17) is 4.74 Å². The van der Waals surface area contributed by atoms with Crippen LogP contribution in [0.15, 0.2) is 47.2 Å². The molecule has 0 aliphatic rings. The SMILES string of the molecule is CC(=O)Oc1cccc2scc(CCNC(C)C)c12.CC(C)NCCc1csc2cccc(O)c12. The number of ether oxygens (including phenoxy) is 1. The molecule has 0 fully saturated rings. The molecule has 2 aromatic carbocycles. The largest absolute Gasteiger partial charge is 0.507 e. The normalized spacial score (nSPS) is 11.3. The van der Waals surface area contributed by atoms with Crippen LogP contribution in [0.3, 0.4) is 0 Å². The summed E-state index contributed by atoms with van der Waals surface area (Å²) in [5, 5.41) is 23.0. The molecule has 0 radical (unpaired) electrons. The number of phenols is 1. The summed E-state index contributed by atoms with van der Waals surface area (Å²) >= 11 is 3.39. The van der Waals surface area contributed by atoms with Gasteiger partial charge in [-0.1, -0.05) is 39.8 Å². The first kappa shape index (κ1) is 27.1. The van der Waals surface area contributed by atoms with Gasteiger partial charge in [-0.25, -0.2) is 0 Å². The smallest absolute Gasteiger partial charge is 0.308 e. The van der Waals surface area contributed by atoms with Crippen molar-refractivity contribution < 1.29 is 14.6 Å². The van der Waals surface area contributed by atoms with Gasteiger partial charge in [0.25, 0.3) is 0 Å². The lowest BCUT2D eigenvalue weighted by Gasteiger charge is -2.08. The van der Waals surface area contributed by atoms with E-state index in [1.165, 1.54) is 27.5 Å². The van der Waals surface area contributed by atoms with Gasteiger partial charge < -0.3 is 20.5 Å². The van der Waals surface area contributed by atoms with E-state index >= 15 is 0 Å². The molecule has 0 spiro atoms. The number of carbonyl (C=O) groups excluding carboxylic acids is 1. The van der Waals surface area contributed by atoms with Gasteiger partial charge in [-0.2, -0.15) is 0 Å². The average molecular weight is 513 g/mol. The number of aromatic hydroxyl groups is 1. The maximum atomic E-state index is 11.2. The lowest BCUT2D eigenvalue weighted by molar-refractivity contribution is -0.131. The topological polar surface area (TPSA) is 70.6 Å². The van der Waals surface area contributed by atoms with E-state index in [1.54, 1.807) is 28.7 Å². The van der Waals surface area contributed by atoms with Crippen molar-refractivity contribution in [3.05, 3.63) is 58.3 Å². The van der Waals surface area contributed by atoms with E-state index in [9.17, 15) is 9.90 Å². The van der Waals surface area contributed by atoms with Crippen LogP contribution in [0.25, 0.3) is 20.2 Å². The standard InChI is InChI=1S/C15H19NO2S.C13H17NOS/c1-10(2)16-8-7-12-9-19-14-6-4-5-13(15(12)14)18-11(3)17;1-9(2)14-7-6-10-8-16-12-5-3-4-11(15)13(10)12/h4-6,9-10,16H,7-8H2,1-3H3;3-5,8-9,14-15H,6-7H2,1-2H3. The molecule has 2 aromatic heterocycles. The first-order valence-corrected chi connectivity index (χ1v) is 13.8. The van der Waals surface area contributed by atoms with Crippen LogP contribution in [0.2, 0.25) is 0 Å². The number of thiophene rings is 2. The number of rotatable bonds is 9. The zero-order valence-electron chi connectivity index (χ0n) is 21.2. The van der Waals surface area contributed by atoms with Gasteiger partial charge in [0.15, 0.2) is 0 Å². The second-order valence-electron chi connectivity index (χ2n) is 9.11. The number of nitrogens with one attached hydrogen (secondary N) is 2. The average Bonchev–Trinajstić information content (AvgIpc) is 3.39. The number of phenolic OH excluding ortho intramolecular Hbond substituents is 1. The predicted molar refractivity (Wildman–Crippen MR) is 150 cm³/mol. The van der Waals surface area contributed by atoms with Crippen LogP contribution in [-0.4, -0.2) is 36.2 Å². The molecule has 4 rings (SSSR count). The van der Waals surface area contributed by atoms with Crippen LogP contribution in [-0.2, 0) is 17.6 Å². The van der Waals surface area contributed by atoms with Gasteiger partial charge in [-0.3, -0.25) is 4.79 Å². The van der Waals surface area contributed by atoms with Gasteiger partial charge in [0, 0.05) is 39.2 Å². The summed E-state index contributed by atoms with van der Waals surface area (Å²) in [6, 6.07) is 12.5. The van der Waals surface area contributed by atoms with Crippen molar-refractivity contribution in [1.29, 1.82) is 0 Å². The highest BCUT2D eigenvalue weighted by atomic mass is 32.1. The Labute approximate surface area is 216 Å². The predicted octanol–water partition coefficient (Wildman–Crippen LogP) is 6.51. The lowest BCUT2D eigenvalue weighted by atomic mass is 10.1. The van der Waals surface area contributed by atoms with Crippen molar-refractivity contribution >= 4 is 48.8 Å². The maximum absolute atomic E-state index is 11.2. The second kappa shape index (κ2) is 13.0. The fraction of sp³-hybridized carbons (Fsp3) is 0.393. The van der Waals surface area contributed by atoms with Crippen LogP contribution in [0.1, 0.15) is 45.7 Å². The summed E-state index contributed by atoms with van der Waals surface area (Å²) < 4.78 is 7.63. The number of hydrogen-bond donors (Lipinski definition) is 3. The summed E-state index contributed by atoms with van der Waals surface area (Å²) in [7, 11) is 0. The highest BCUT2D eigenvalue weighted by Gasteiger charge is 2.11. The fourth-order valence-corrected chi connectivity index (χ4v) is 5.88. The molecule has 35 heavy (non-hydrogen) atoms. The molecule has 188 valence electrons. The minimum atomic E-state index is -0.273. The Kier molecular flexibility index (Phi) is 10.1. The third kappa shape index (κ3) is 7.77. The van der Waals surface area contributed by atoms with Gasteiger partial charge >= 0.3 is 5.97 Å². The number of hydrogen-bond acceptors (Lipinski definition) is 7. The first-order chi connectivity index (χ1) is 16.8. The summed E-state index contributed by atoms with van der Waals surface area (Å²) in [5.74, 6) is 0.800. The summed E-state index contributed by atoms with van der Waals surface area (Å²) in [4.78, 5) is 11.2. The minimum absolute atomic E-state index is 0.273. The van der Waals surface area contributed by atoms with Crippen LogP contribution < -0.4 is 15.4 Å². The van der Waals surface area contributed by atoms with Crippen molar-refractivity contribution in [3.63, 3.8) is 0 Å². The van der Waals surface area contributed by atoms with E-state index in [2.05, 4.69) is 61.2 Å². The molecule has 3 N–H and O–H groups in total. The van der Waals surface area contributed by atoms with E-state index in [1.807, 2.05) is 18.2 Å². The molecule has 0 amide bonds. The highest BCUT2D eigenvalue weighted by Crippen LogP contribution is 2.34. The first-order valence-electron chi connectivity index (χ1n) is 12.1. The molecule has 0 bridgehead atoms. The Morgan fingerprint density at radius 3 is 1.91 bits per heavy atom. The van der Waals surface area contributed by atoms with E-state index in [0.29, 0.717) is 23.6 Å². The van der Waals surface area contributed by atoms with Crippen molar-refractivity contribution in [2.24, 2.45) is 0 Å². The van der Waals surface area contributed by atoms with Crippen molar-refractivity contribution in [2.45, 2.75) is 59.5 Å². The molecular formula is C28H36N2O3S2. The van der Waals surface area contributed by atoms with Crippen molar-refractivity contribution in [2.75, 3.05) is 13.1 Å². The van der Waals surface area contributed by atoms with Crippen LogP contribution in [0.5, 0.6) is 11.5 Å². The van der Waals surface area contributed by atoms with E-state index in [-0.39, 0.29) is 5.97 Å². The molecule has 4 aromatic rings. The molecule has 0 aliphatic heterocycles. The molecule has 0 saturated carbocycles. The molecule has 0 unspecified atom stereocenters. The Bertz CT molecular complexity index is 1240. The molecule has 2 heterocycles. The van der Waals surface area contributed by atoms with Crippen LogP contribution >= 0.6 is 22.7 Å². The molecule has 5 nitrogen and oxygen atoms in total. The second-order valence-corrected chi connectivity index (χ2v) is 10.9. The number of carbonyl (C=O) groups is 1. The van der Waals surface area contributed by atoms with Crippen LogP contribution in [0.4, 0.5) is 0 Å². The summed E-state index contributed by atoms with van der Waals surface area (Å²) in [6.45, 7) is 11.9. The van der Waals surface area contributed by atoms with Gasteiger partial charge in [-0.05, 0) is 72.1 Å². The van der Waals surface area contributed by atoms with Crippen molar-refractivity contribution in [3.8, 4) is 11.5 Å².